The van der Waals surface area contributed by atoms with Gasteiger partial charge in [-0.05, 0) is 6.07 Å². The molecular formula is C12H12N2O4. The second kappa shape index (κ2) is 4.48. The number of anilines is 1. The van der Waals surface area contributed by atoms with Gasteiger partial charge in [-0.25, -0.2) is 4.79 Å². The van der Waals surface area contributed by atoms with Crippen LogP contribution in [0.2, 0.25) is 0 Å². The molecule has 0 amide bonds. The Kier molecular flexibility index (Phi) is 3.01. The molecule has 0 aromatic heterocycles. The van der Waals surface area contributed by atoms with Crippen molar-refractivity contribution in [2.24, 2.45) is 0 Å². The minimum Gasteiger partial charge on any atom is -0.480 e. The number of carboxylic acid groups (broad SMARTS) is 1. The van der Waals surface area contributed by atoms with Gasteiger partial charge in [0.25, 0.3) is 5.69 Å². The number of nitro benzene ring substituents is 1. The van der Waals surface area contributed by atoms with E-state index >= 15 is 0 Å². The highest BCUT2D eigenvalue weighted by Gasteiger charge is 2.35. The molecule has 0 saturated carbocycles. The van der Waals surface area contributed by atoms with Gasteiger partial charge in [-0.3, -0.25) is 10.1 Å². The van der Waals surface area contributed by atoms with Crippen molar-refractivity contribution in [1.82, 2.24) is 0 Å². The summed E-state index contributed by atoms with van der Waals surface area (Å²) in [5.74, 6) is -0.994. The second-order valence-electron chi connectivity index (χ2n) is 4.18. The highest BCUT2D eigenvalue weighted by atomic mass is 16.6. The maximum atomic E-state index is 11.2. The van der Waals surface area contributed by atoms with Gasteiger partial charge < -0.3 is 10.0 Å². The van der Waals surface area contributed by atoms with Gasteiger partial charge in [0.2, 0.25) is 0 Å². The van der Waals surface area contributed by atoms with Crippen LogP contribution in [0.25, 0.3) is 0 Å². The molecule has 6 heteroatoms. The lowest BCUT2D eigenvalue weighted by atomic mass is 10.1. The Morgan fingerprint density at radius 3 is 2.78 bits per heavy atom. The number of hydrogen-bond donors (Lipinski definition) is 1. The molecule has 1 atom stereocenters. The first-order chi connectivity index (χ1) is 8.50. The second-order valence-corrected chi connectivity index (χ2v) is 4.18. The van der Waals surface area contributed by atoms with E-state index < -0.39 is 16.9 Å². The molecule has 1 aliphatic heterocycles. The van der Waals surface area contributed by atoms with E-state index in [1.807, 2.05) is 0 Å². The van der Waals surface area contributed by atoms with Crippen LogP contribution in [-0.2, 0) is 4.79 Å². The van der Waals surface area contributed by atoms with E-state index in [1.165, 1.54) is 11.0 Å². The zero-order valence-electron chi connectivity index (χ0n) is 9.57. The SMILES string of the molecule is C=C1CC(C(=O)O)N(c2ccccc2[N+](=O)[O-])C1. The molecule has 1 saturated heterocycles. The number of hydrogen-bond acceptors (Lipinski definition) is 4. The molecule has 1 unspecified atom stereocenters. The zero-order valence-corrected chi connectivity index (χ0v) is 9.57. The van der Waals surface area contributed by atoms with Gasteiger partial charge >= 0.3 is 5.97 Å². The summed E-state index contributed by atoms with van der Waals surface area (Å²) in [6, 6.07) is 5.37. The van der Waals surface area contributed by atoms with Crippen molar-refractivity contribution in [3.05, 3.63) is 46.5 Å². The first kappa shape index (κ1) is 12.1. The largest absolute Gasteiger partial charge is 0.480 e. The van der Waals surface area contributed by atoms with Gasteiger partial charge in [-0.1, -0.05) is 24.3 Å². The van der Waals surface area contributed by atoms with Crippen molar-refractivity contribution in [3.8, 4) is 0 Å². The van der Waals surface area contributed by atoms with Crippen LogP contribution in [0.4, 0.5) is 11.4 Å². The Hall–Kier alpha value is -2.37. The summed E-state index contributed by atoms with van der Waals surface area (Å²) in [4.78, 5) is 23.1. The van der Waals surface area contributed by atoms with Crippen LogP contribution in [-0.4, -0.2) is 28.6 Å². The summed E-state index contributed by atoms with van der Waals surface area (Å²) in [5, 5.41) is 20.1. The van der Waals surface area contributed by atoms with Crippen molar-refractivity contribution >= 4 is 17.3 Å². The molecule has 1 N–H and O–H groups in total. The fraction of sp³-hybridized carbons (Fsp3) is 0.250. The number of rotatable bonds is 3. The van der Waals surface area contributed by atoms with Crippen molar-refractivity contribution < 1.29 is 14.8 Å². The Morgan fingerprint density at radius 2 is 2.17 bits per heavy atom. The van der Waals surface area contributed by atoms with Crippen LogP contribution in [0.15, 0.2) is 36.4 Å². The van der Waals surface area contributed by atoms with Gasteiger partial charge in [-0.15, -0.1) is 0 Å². The number of aliphatic carboxylic acids is 1. The summed E-state index contributed by atoms with van der Waals surface area (Å²) in [5.41, 5.74) is 1.01. The van der Waals surface area contributed by atoms with E-state index in [-0.39, 0.29) is 5.69 Å². The van der Waals surface area contributed by atoms with Crippen molar-refractivity contribution in [3.63, 3.8) is 0 Å². The fourth-order valence-electron chi connectivity index (χ4n) is 2.13. The summed E-state index contributed by atoms with van der Waals surface area (Å²) in [7, 11) is 0. The molecule has 1 aliphatic rings. The van der Waals surface area contributed by atoms with Crippen LogP contribution in [0.5, 0.6) is 0 Å². The average molecular weight is 248 g/mol. The molecule has 0 bridgehead atoms. The summed E-state index contributed by atoms with van der Waals surface area (Å²) in [6.45, 7) is 4.10. The maximum absolute atomic E-state index is 11.2. The number of nitrogens with zero attached hydrogens (tertiary/aromatic N) is 2. The summed E-state index contributed by atoms with van der Waals surface area (Å²) < 4.78 is 0. The van der Waals surface area contributed by atoms with E-state index in [2.05, 4.69) is 6.58 Å². The Balaban J connectivity index is 2.44. The highest BCUT2D eigenvalue weighted by Crippen LogP contribution is 2.34. The third-order valence-corrected chi connectivity index (χ3v) is 2.93. The van der Waals surface area contributed by atoms with Gasteiger partial charge in [0, 0.05) is 19.0 Å². The highest BCUT2D eigenvalue weighted by molar-refractivity contribution is 5.82. The molecule has 0 aliphatic carbocycles. The number of para-hydroxylation sites is 2. The van der Waals surface area contributed by atoms with E-state index in [4.69, 9.17) is 5.11 Å². The number of carbonyl (C=O) groups is 1. The first-order valence-electron chi connectivity index (χ1n) is 5.40. The van der Waals surface area contributed by atoms with E-state index in [0.717, 1.165) is 5.57 Å². The van der Waals surface area contributed by atoms with Gasteiger partial charge in [0.05, 0.1) is 4.92 Å². The molecule has 6 nitrogen and oxygen atoms in total. The Morgan fingerprint density at radius 1 is 1.50 bits per heavy atom. The number of nitro groups is 1. The number of benzene rings is 1. The van der Waals surface area contributed by atoms with Crippen LogP contribution < -0.4 is 4.90 Å². The molecule has 18 heavy (non-hydrogen) atoms. The molecular weight excluding hydrogens is 236 g/mol. The van der Waals surface area contributed by atoms with E-state index in [0.29, 0.717) is 18.7 Å². The molecule has 0 radical (unpaired) electrons. The van der Waals surface area contributed by atoms with Crippen LogP contribution in [0.3, 0.4) is 0 Å². The van der Waals surface area contributed by atoms with Crippen molar-refractivity contribution in [2.75, 3.05) is 11.4 Å². The third-order valence-electron chi connectivity index (χ3n) is 2.93. The first-order valence-corrected chi connectivity index (χ1v) is 5.40. The quantitative estimate of drug-likeness (QED) is 0.501. The minimum absolute atomic E-state index is 0.0848. The monoisotopic (exact) mass is 248 g/mol. The predicted molar refractivity (Wildman–Crippen MR) is 65.6 cm³/mol. The summed E-state index contributed by atoms with van der Waals surface area (Å²) >= 11 is 0. The van der Waals surface area contributed by atoms with Crippen LogP contribution in [0.1, 0.15) is 6.42 Å². The normalized spacial score (nSPS) is 19.0. The lowest BCUT2D eigenvalue weighted by molar-refractivity contribution is -0.384. The molecule has 0 spiro atoms. The maximum Gasteiger partial charge on any atom is 0.326 e. The lowest BCUT2D eigenvalue weighted by Gasteiger charge is -2.22. The standard InChI is InChI=1S/C12H12N2O4/c1-8-6-11(12(15)16)13(7-8)9-4-2-3-5-10(9)14(17)18/h2-5,11H,1,6-7H2,(H,15,16). The molecule has 94 valence electrons. The van der Waals surface area contributed by atoms with Crippen molar-refractivity contribution in [1.29, 1.82) is 0 Å². The van der Waals surface area contributed by atoms with Crippen LogP contribution in [0, 0.1) is 10.1 Å². The zero-order chi connectivity index (χ0) is 13.3. The predicted octanol–water partition coefficient (Wildman–Crippen LogP) is 1.81. The molecule has 2 rings (SSSR count). The third kappa shape index (κ3) is 2.04. The van der Waals surface area contributed by atoms with Gasteiger partial charge in [0.1, 0.15) is 11.7 Å². The topological polar surface area (TPSA) is 83.7 Å². The van der Waals surface area contributed by atoms with E-state index in [1.54, 1.807) is 18.2 Å². The number of carboxylic acids is 1. The minimum atomic E-state index is -0.994. The molecule has 1 fully saturated rings. The Labute approximate surface area is 103 Å². The molecule has 1 heterocycles. The summed E-state index contributed by atoms with van der Waals surface area (Å²) in [6.07, 6.45) is 0.321. The van der Waals surface area contributed by atoms with E-state index in [9.17, 15) is 14.9 Å². The smallest absolute Gasteiger partial charge is 0.326 e. The van der Waals surface area contributed by atoms with Crippen LogP contribution >= 0.6 is 0 Å². The molecule has 1 aromatic carbocycles. The lowest BCUT2D eigenvalue weighted by Crippen LogP contribution is -2.36. The van der Waals surface area contributed by atoms with Crippen molar-refractivity contribution in [2.45, 2.75) is 12.5 Å². The van der Waals surface area contributed by atoms with Gasteiger partial charge in [0.15, 0.2) is 0 Å². The van der Waals surface area contributed by atoms with Gasteiger partial charge in [-0.2, -0.15) is 0 Å². The fourth-order valence-corrected chi connectivity index (χ4v) is 2.13. The average Bonchev–Trinajstić information content (AvgIpc) is 2.71. The Bertz CT molecular complexity index is 527. The molecule has 1 aromatic rings.